The first-order chi connectivity index (χ1) is 7.74. The van der Waals surface area contributed by atoms with Crippen LogP contribution in [-0.4, -0.2) is 30.2 Å². The molecule has 0 heterocycles. The van der Waals surface area contributed by atoms with E-state index in [2.05, 4.69) is 4.79 Å². The van der Waals surface area contributed by atoms with Gasteiger partial charge in [-0.15, -0.1) is 0 Å². The number of carbonyl (C=O) groups excluding carboxylic acids is 1. The smallest absolute Gasteiger partial charge is 0.422 e. The van der Waals surface area contributed by atoms with E-state index < -0.39 is 5.97 Å². The SMILES string of the molecule is CCOC(=O)C(=[N+]=[N-])c1ccccc1OC. The third-order valence-electron chi connectivity index (χ3n) is 1.93. The Kier molecular flexibility index (Phi) is 4.24. The van der Waals surface area contributed by atoms with Crippen LogP contribution >= 0.6 is 0 Å². The Labute approximate surface area is 93.2 Å². The van der Waals surface area contributed by atoms with Gasteiger partial charge in [-0.25, -0.2) is 4.79 Å². The highest BCUT2D eigenvalue weighted by molar-refractivity contribution is 6.41. The van der Waals surface area contributed by atoms with Gasteiger partial charge in [-0.2, -0.15) is 4.79 Å². The van der Waals surface area contributed by atoms with Gasteiger partial charge in [-0.05, 0) is 19.1 Å². The monoisotopic (exact) mass is 220 g/mol. The summed E-state index contributed by atoms with van der Waals surface area (Å²) in [4.78, 5) is 14.4. The molecule has 0 aromatic heterocycles. The summed E-state index contributed by atoms with van der Waals surface area (Å²) in [5.74, 6) is -0.238. The number of methoxy groups -OCH3 is 1. The van der Waals surface area contributed by atoms with Crippen molar-refractivity contribution in [2.45, 2.75) is 6.92 Å². The maximum absolute atomic E-state index is 11.5. The summed E-state index contributed by atoms with van der Waals surface area (Å²) in [6.45, 7) is 1.89. The van der Waals surface area contributed by atoms with Crippen LogP contribution in [0, 0.1) is 0 Å². The highest BCUT2D eigenvalue weighted by Gasteiger charge is 2.27. The number of ether oxygens (including phenoxy) is 2. The van der Waals surface area contributed by atoms with Crippen LogP contribution in [0.15, 0.2) is 24.3 Å². The zero-order valence-corrected chi connectivity index (χ0v) is 9.14. The minimum absolute atomic E-state index is 0.167. The molecule has 0 aliphatic carbocycles. The van der Waals surface area contributed by atoms with Crippen LogP contribution in [-0.2, 0) is 9.53 Å². The number of benzene rings is 1. The molecule has 0 aliphatic rings. The minimum Gasteiger partial charge on any atom is -0.496 e. The van der Waals surface area contributed by atoms with E-state index in [-0.39, 0.29) is 12.3 Å². The first-order valence-corrected chi connectivity index (χ1v) is 4.77. The molecule has 1 aromatic rings. The Balaban J connectivity index is 3.15. The molecule has 1 rings (SSSR count). The standard InChI is InChI=1S/C11H12N2O3/c1-3-16-11(14)10(13-12)8-6-4-5-7-9(8)15-2/h4-7H,3H2,1-2H3. The van der Waals surface area contributed by atoms with Crippen LogP contribution in [0.2, 0.25) is 0 Å². The van der Waals surface area contributed by atoms with Gasteiger partial charge in [0.1, 0.15) is 11.3 Å². The molecule has 0 fully saturated rings. The van der Waals surface area contributed by atoms with Gasteiger partial charge in [0.2, 0.25) is 0 Å². The maximum atomic E-state index is 11.5. The molecular weight excluding hydrogens is 208 g/mol. The van der Waals surface area contributed by atoms with Crippen molar-refractivity contribution in [3.05, 3.63) is 35.4 Å². The lowest BCUT2D eigenvalue weighted by Gasteiger charge is -2.03. The van der Waals surface area contributed by atoms with Gasteiger partial charge in [0.25, 0.3) is 0 Å². The number of hydrogen-bond acceptors (Lipinski definition) is 3. The van der Waals surface area contributed by atoms with E-state index in [9.17, 15) is 4.79 Å². The van der Waals surface area contributed by atoms with E-state index >= 15 is 0 Å². The first kappa shape index (κ1) is 11.9. The van der Waals surface area contributed by atoms with Crippen molar-refractivity contribution in [1.29, 1.82) is 0 Å². The lowest BCUT2D eigenvalue weighted by Crippen LogP contribution is -2.20. The third-order valence-corrected chi connectivity index (χ3v) is 1.93. The molecule has 5 nitrogen and oxygen atoms in total. The van der Waals surface area contributed by atoms with Gasteiger partial charge < -0.3 is 15.0 Å². The zero-order chi connectivity index (χ0) is 12.0. The molecule has 1 aromatic carbocycles. The molecule has 0 saturated heterocycles. The van der Waals surface area contributed by atoms with Crippen molar-refractivity contribution in [2.75, 3.05) is 13.7 Å². The van der Waals surface area contributed by atoms with Crippen molar-refractivity contribution in [3.63, 3.8) is 0 Å². The third kappa shape index (κ3) is 2.46. The second kappa shape index (κ2) is 5.68. The Bertz CT molecular complexity index is 437. The molecule has 84 valence electrons. The number of nitrogens with zero attached hydrogens (tertiary/aromatic N) is 2. The quantitative estimate of drug-likeness (QED) is 0.332. The average molecular weight is 220 g/mol. The highest BCUT2D eigenvalue weighted by Crippen LogP contribution is 2.17. The zero-order valence-electron chi connectivity index (χ0n) is 9.14. The topological polar surface area (TPSA) is 71.9 Å². The summed E-state index contributed by atoms with van der Waals surface area (Å²) in [6.07, 6.45) is 0. The first-order valence-electron chi connectivity index (χ1n) is 4.77. The lowest BCUT2D eigenvalue weighted by molar-refractivity contribution is -0.139. The van der Waals surface area contributed by atoms with E-state index in [0.29, 0.717) is 11.3 Å². The number of hydrogen-bond donors (Lipinski definition) is 0. The van der Waals surface area contributed by atoms with E-state index in [1.165, 1.54) is 7.11 Å². The van der Waals surface area contributed by atoms with Gasteiger partial charge in [0.15, 0.2) is 0 Å². The molecule has 0 saturated carbocycles. The molecule has 0 N–H and O–H groups in total. The molecule has 0 aliphatic heterocycles. The largest absolute Gasteiger partial charge is 0.496 e. The molecule has 0 unspecified atom stereocenters. The van der Waals surface area contributed by atoms with Gasteiger partial charge in [0, 0.05) is 0 Å². The molecule has 0 spiro atoms. The second-order valence-corrected chi connectivity index (χ2v) is 2.87. The lowest BCUT2D eigenvalue weighted by atomic mass is 10.1. The molecule has 16 heavy (non-hydrogen) atoms. The average Bonchev–Trinajstić information content (AvgIpc) is 2.31. The fourth-order valence-corrected chi connectivity index (χ4v) is 1.24. The van der Waals surface area contributed by atoms with Crippen LogP contribution in [0.3, 0.4) is 0 Å². The van der Waals surface area contributed by atoms with Crippen LogP contribution in [0.5, 0.6) is 5.75 Å². The fourth-order valence-electron chi connectivity index (χ4n) is 1.24. The Morgan fingerprint density at radius 1 is 1.44 bits per heavy atom. The summed E-state index contributed by atoms with van der Waals surface area (Å²) in [5.41, 5.74) is 9.06. The van der Waals surface area contributed by atoms with Gasteiger partial charge in [-0.1, -0.05) is 12.1 Å². The van der Waals surface area contributed by atoms with Crippen LogP contribution in [0.25, 0.3) is 5.53 Å². The van der Waals surface area contributed by atoms with Crippen LogP contribution in [0.1, 0.15) is 12.5 Å². The molecule has 0 amide bonds. The Morgan fingerprint density at radius 3 is 2.69 bits per heavy atom. The minimum atomic E-state index is -0.686. The van der Waals surface area contributed by atoms with E-state index in [0.717, 1.165) is 0 Å². The normalized spacial score (nSPS) is 9.12. The van der Waals surface area contributed by atoms with Crippen molar-refractivity contribution in [3.8, 4) is 5.75 Å². The number of esters is 1. The van der Waals surface area contributed by atoms with Crippen molar-refractivity contribution in [2.24, 2.45) is 0 Å². The van der Waals surface area contributed by atoms with E-state index in [1.54, 1.807) is 31.2 Å². The Hall–Kier alpha value is -2.13. The van der Waals surface area contributed by atoms with Crippen molar-refractivity contribution < 1.29 is 19.1 Å². The van der Waals surface area contributed by atoms with Gasteiger partial charge in [-0.3, -0.25) is 0 Å². The number of rotatable bonds is 4. The summed E-state index contributed by atoms with van der Waals surface area (Å²) >= 11 is 0. The van der Waals surface area contributed by atoms with Crippen LogP contribution in [0.4, 0.5) is 0 Å². The molecule has 0 bridgehead atoms. The molecule has 0 radical (unpaired) electrons. The Morgan fingerprint density at radius 2 is 2.12 bits per heavy atom. The molecule has 0 atom stereocenters. The molecule has 5 heteroatoms. The summed E-state index contributed by atoms with van der Waals surface area (Å²) in [6, 6.07) is 6.75. The van der Waals surface area contributed by atoms with E-state index in [4.69, 9.17) is 15.0 Å². The molecular formula is C11H12N2O3. The van der Waals surface area contributed by atoms with Crippen LogP contribution < -0.4 is 4.74 Å². The number of para-hydroxylation sites is 1. The number of carbonyl (C=O) groups is 1. The predicted octanol–water partition coefficient (Wildman–Crippen LogP) is 1.28. The van der Waals surface area contributed by atoms with Gasteiger partial charge in [0.05, 0.1) is 13.7 Å². The maximum Gasteiger partial charge on any atom is 0.422 e. The summed E-state index contributed by atoms with van der Waals surface area (Å²) in [7, 11) is 1.47. The predicted molar refractivity (Wildman–Crippen MR) is 57.4 cm³/mol. The van der Waals surface area contributed by atoms with Gasteiger partial charge >= 0.3 is 11.7 Å². The van der Waals surface area contributed by atoms with E-state index in [1.807, 2.05) is 0 Å². The fraction of sp³-hybridized carbons (Fsp3) is 0.273. The second-order valence-electron chi connectivity index (χ2n) is 2.87. The summed E-state index contributed by atoms with van der Waals surface area (Å²) in [5, 5.41) is 0. The highest BCUT2D eigenvalue weighted by atomic mass is 16.5. The van der Waals surface area contributed by atoms with Crippen molar-refractivity contribution in [1.82, 2.24) is 0 Å². The van der Waals surface area contributed by atoms with Crippen molar-refractivity contribution >= 4 is 11.7 Å². The summed E-state index contributed by atoms with van der Waals surface area (Å²) < 4.78 is 9.82.